The minimum atomic E-state index is -0.788. The Kier molecular flexibility index (Phi) is 3.17. The van der Waals surface area contributed by atoms with Gasteiger partial charge in [-0.05, 0) is 31.1 Å². The molecule has 4 heteroatoms. The van der Waals surface area contributed by atoms with Crippen molar-refractivity contribution >= 4 is 11.9 Å². The average Bonchev–Trinajstić information content (AvgIpc) is 2.69. The molecule has 0 aromatic rings. The number of carboxylic acids is 1. The summed E-state index contributed by atoms with van der Waals surface area (Å²) in [4.78, 5) is 24.0. The quantitative estimate of drug-likeness (QED) is 0.768. The number of rotatable bonds is 5. The molecule has 0 aromatic heterocycles. The fourth-order valence-corrected chi connectivity index (χ4v) is 3.02. The van der Waals surface area contributed by atoms with Crippen molar-refractivity contribution in [1.29, 1.82) is 0 Å². The van der Waals surface area contributed by atoms with E-state index in [9.17, 15) is 9.59 Å². The Balaban J connectivity index is 1.71. The zero-order valence-electron chi connectivity index (χ0n) is 9.69. The van der Waals surface area contributed by atoms with Crippen LogP contribution in [-0.4, -0.2) is 35.5 Å². The van der Waals surface area contributed by atoms with Crippen molar-refractivity contribution in [3.05, 3.63) is 0 Å². The van der Waals surface area contributed by atoms with Crippen LogP contribution in [0.4, 0.5) is 0 Å². The van der Waals surface area contributed by atoms with Crippen LogP contribution in [0.5, 0.6) is 0 Å². The predicted molar refractivity (Wildman–Crippen MR) is 58.8 cm³/mol. The highest BCUT2D eigenvalue weighted by Crippen LogP contribution is 2.57. The molecule has 2 fully saturated rings. The smallest absolute Gasteiger partial charge is 0.303 e. The third-order valence-electron chi connectivity index (χ3n) is 3.95. The van der Waals surface area contributed by atoms with Crippen LogP contribution in [-0.2, 0) is 9.59 Å². The van der Waals surface area contributed by atoms with Crippen LogP contribution in [0.2, 0.25) is 0 Å². The lowest BCUT2D eigenvalue weighted by atomic mass is 10.1. The summed E-state index contributed by atoms with van der Waals surface area (Å²) in [5.41, 5.74) is 0. The number of amides is 1. The fraction of sp³-hybridized carbons (Fsp3) is 0.833. The minimum absolute atomic E-state index is 0.148. The SMILES string of the molecule is CN(CCCC(=O)O)C(=O)C1[C@@H]2CCC[C@@H]12. The van der Waals surface area contributed by atoms with Crippen molar-refractivity contribution in [2.75, 3.05) is 13.6 Å². The molecule has 4 nitrogen and oxygen atoms in total. The molecule has 2 saturated carbocycles. The van der Waals surface area contributed by atoms with Crippen LogP contribution in [0.1, 0.15) is 32.1 Å². The van der Waals surface area contributed by atoms with E-state index in [0.717, 1.165) is 0 Å². The van der Waals surface area contributed by atoms with Crippen LogP contribution < -0.4 is 0 Å². The van der Waals surface area contributed by atoms with E-state index in [0.29, 0.717) is 24.8 Å². The number of nitrogens with zero attached hydrogens (tertiary/aromatic N) is 1. The summed E-state index contributed by atoms with van der Waals surface area (Å²) < 4.78 is 0. The first-order chi connectivity index (χ1) is 7.61. The molecule has 90 valence electrons. The van der Waals surface area contributed by atoms with Crippen molar-refractivity contribution in [2.24, 2.45) is 17.8 Å². The van der Waals surface area contributed by atoms with Gasteiger partial charge in [0.25, 0.3) is 0 Å². The van der Waals surface area contributed by atoms with Crippen molar-refractivity contribution < 1.29 is 14.7 Å². The van der Waals surface area contributed by atoms with E-state index in [1.165, 1.54) is 19.3 Å². The average molecular weight is 225 g/mol. The van der Waals surface area contributed by atoms with Gasteiger partial charge in [-0.25, -0.2) is 0 Å². The molecule has 0 unspecified atom stereocenters. The molecule has 16 heavy (non-hydrogen) atoms. The molecule has 0 aliphatic heterocycles. The molecule has 1 amide bonds. The van der Waals surface area contributed by atoms with Gasteiger partial charge in [-0.2, -0.15) is 0 Å². The normalized spacial score (nSPS) is 30.9. The van der Waals surface area contributed by atoms with E-state index in [2.05, 4.69) is 0 Å². The lowest BCUT2D eigenvalue weighted by molar-refractivity contribution is -0.138. The molecule has 0 spiro atoms. The Morgan fingerprint density at radius 2 is 1.94 bits per heavy atom. The van der Waals surface area contributed by atoms with E-state index in [-0.39, 0.29) is 18.2 Å². The molecule has 0 radical (unpaired) electrons. The lowest BCUT2D eigenvalue weighted by Gasteiger charge is -2.17. The summed E-state index contributed by atoms with van der Waals surface area (Å²) in [5.74, 6) is 1.01. The number of hydrogen-bond donors (Lipinski definition) is 1. The van der Waals surface area contributed by atoms with E-state index < -0.39 is 5.97 Å². The zero-order chi connectivity index (χ0) is 11.7. The number of carbonyl (C=O) groups is 2. The maximum Gasteiger partial charge on any atom is 0.303 e. The topological polar surface area (TPSA) is 57.6 Å². The molecular weight excluding hydrogens is 206 g/mol. The summed E-state index contributed by atoms with van der Waals surface area (Å²) in [5, 5.41) is 8.51. The first-order valence-electron chi connectivity index (χ1n) is 6.08. The second kappa shape index (κ2) is 4.44. The Morgan fingerprint density at radius 3 is 2.50 bits per heavy atom. The molecule has 2 atom stereocenters. The van der Waals surface area contributed by atoms with Crippen LogP contribution in [0.15, 0.2) is 0 Å². The Labute approximate surface area is 95.6 Å². The van der Waals surface area contributed by atoms with Gasteiger partial charge in [0.15, 0.2) is 0 Å². The van der Waals surface area contributed by atoms with Gasteiger partial charge in [-0.15, -0.1) is 0 Å². The molecule has 0 bridgehead atoms. The summed E-state index contributed by atoms with van der Waals surface area (Å²) in [6, 6.07) is 0. The summed E-state index contributed by atoms with van der Waals surface area (Å²) in [6.45, 7) is 0.571. The number of aliphatic carboxylic acids is 1. The Hall–Kier alpha value is -1.06. The molecule has 0 aromatic carbocycles. The first kappa shape index (κ1) is 11.4. The lowest BCUT2D eigenvalue weighted by Crippen LogP contribution is -2.30. The zero-order valence-corrected chi connectivity index (χ0v) is 9.69. The first-order valence-corrected chi connectivity index (χ1v) is 6.08. The van der Waals surface area contributed by atoms with Crippen LogP contribution in [0.25, 0.3) is 0 Å². The van der Waals surface area contributed by atoms with Crippen molar-refractivity contribution in [3.63, 3.8) is 0 Å². The minimum Gasteiger partial charge on any atom is -0.481 e. The largest absolute Gasteiger partial charge is 0.481 e. The van der Waals surface area contributed by atoms with E-state index in [4.69, 9.17) is 5.11 Å². The van der Waals surface area contributed by atoms with Gasteiger partial charge < -0.3 is 10.0 Å². The van der Waals surface area contributed by atoms with Crippen LogP contribution in [0.3, 0.4) is 0 Å². The molecule has 2 rings (SSSR count). The second-order valence-electron chi connectivity index (χ2n) is 5.04. The number of fused-ring (bicyclic) bond motifs is 1. The molecule has 2 aliphatic rings. The van der Waals surface area contributed by atoms with E-state index >= 15 is 0 Å². The molecule has 2 aliphatic carbocycles. The van der Waals surface area contributed by atoms with E-state index in [1.54, 1.807) is 11.9 Å². The Bertz CT molecular complexity index is 293. The Morgan fingerprint density at radius 1 is 1.31 bits per heavy atom. The van der Waals surface area contributed by atoms with Crippen LogP contribution >= 0.6 is 0 Å². The number of hydrogen-bond acceptors (Lipinski definition) is 2. The van der Waals surface area contributed by atoms with Crippen LogP contribution in [0, 0.1) is 17.8 Å². The third-order valence-corrected chi connectivity index (χ3v) is 3.95. The maximum atomic E-state index is 12.0. The number of carbonyl (C=O) groups excluding carboxylic acids is 1. The standard InChI is InChI=1S/C12H19NO3/c1-13(7-3-6-10(14)15)12(16)11-8-4-2-5-9(8)11/h8-9,11H,2-7H2,1H3,(H,14,15)/t8-,9-/m1/s1. The second-order valence-corrected chi connectivity index (χ2v) is 5.04. The van der Waals surface area contributed by atoms with Gasteiger partial charge in [0.05, 0.1) is 0 Å². The van der Waals surface area contributed by atoms with Gasteiger partial charge >= 0.3 is 5.97 Å². The molecule has 0 heterocycles. The van der Waals surface area contributed by atoms with Gasteiger partial charge in [-0.3, -0.25) is 9.59 Å². The van der Waals surface area contributed by atoms with Gasteiger partial charge in [0.1, 0.15) is 0 Å². The monoisotopic (exact) mass is 225 g/mol. The summed E-state index contributed by atoms with van der Waals surface area (Å²) >= 11 is 0. The van der Waals surface area contributed by atoms with Gasteiger partial charge in [0.2, 0.25) is 5.91 Å². The summed E-state index contributed by atoms with van der Waals surface area (Å²) in [7, 11) is 1.79. The van der Waals surface area contributed by atoms with Crippen molar-refractivity contribution in [2.45, 2.75) is 32.1 Å². The third kappa shape index (κ3) is 2.20. The molecule has 1 N–H and O–H groups in total. The fourth-order valence-electron chi connectivity index (χ4n) is 3.02. The number of carboxylic acid groups (broad SMARTS) is 1. The highest BCUT2D eigenvalue weighted by atomic mass is 16.4. The summed E-state index contributed by atoms with van der Waals surface area (Å²) in [6.07, 6.45) is 4.41. The molecular formula is C12H19NO3. The van der Waals surface area contributed by atoms with E-state index in [1.807, 2.05) is 0 Å². The molecule has 0 saturated heterocycles. The maximum absolute atomic E-state index is 12.0. The highest BCUT2D eigenvalue weighted by molar-refractivity contribution is 5.82. The van der Waals surface area contributed by atoms with Crippen molar-refractivity contribution in [1.82, 2.24) is 4.90 Å². The predicted octanol–water partition coefficient (Wildman–Crippen LogP) is 1.36. The van der Waals surface area contributed by atoms with Crippen molar-refractivity contribution in [3.8, 4) is 0 Å². The highest BCUT2D eigenvalue weighted by Gasteiger charge is 2.57. The van der Waals surface area contributed by atoms with Gasteiger partial charge in [0, 0.05) is 25.9 Å². The van der Waals surface area contributed by atoms with Gasteiger partial charge in [-0.1, -0.05) is 6.42 Å².